The molecule has 0 unspecified atom stereocenters. The minimum absolute atomic E-state index is 0.127. The molecule has 54 valence electrons. The highest BCUT2D eigenvalue weighted by atomic mass is 16.2. The second-order valence-electron chi connectivity index (χ2n) is 2.87. The Kier molecular flexibility index (Phi) is 1.14. The number of hydrogen-bond acceptors (Lipinski definition) is 3. The summed E-state index contributed by atoms with van der Waals surface area (Å²) in [6.07, 6.45) is 1.16. The van der Waals surface area contributed by atoms with Gasteiger partial charge in [0, 0.05) is 25.9 Å². The molecular weight excluding hydrogens is 130 g/mol. The van der Waals surface area contributed by atoms with Crippen LogP contribution in [-0.4, -0.2) is 35.6 Å². The molecule has 0 saturated carbocycles. The van der Waals surface area contributed by atoms with Crippen LogP contribution in [0, 0.1) is 0 Å². The van der Waals surface area contributed by atoms with Gasteiger partial charge in [-0.25, -0.2) is 0 Å². The molecule has 3 heteroatoms. The standard InChI is InChI=1S/C7H9NO2/c9-5-1-3-8-4-2-6(10)7(5)8/h7H,1-4H2. The summed E-state index contributed by atoms with van der Waals surface area (Å²) < 4.78 is 0. The molecule has 2 aliphatic heterocycles. The van der Waals surface area contributed by atoms with Crippen molar-refractivity contribution in [3.05, 3.63) is 0 Å². The maximum atomic E-state index is 11.0. The van der Waals surface area contributed by atoms with E-state index in [0.29, 0.717) is 12.8 Å². The fraction of sp³-hybridized carbons (Fsp3) is 0.714. The predicted molar refractivity (Wildman–Crippen MR) is 34.6 cm³/mol. The summed E-state index contributed by atoms with van der Waals surface area (Å²) in [5.74, 6) is 0.255. The number of hydrogen-bond donors (Lipinski definition) is 0. The molecule has 2 rings (SSSR count). The topological polar surface area (TPSA) is 37.4 Å². The van der Waals surface area contributed by atoms with Crippen LogP contribution < -0.4 is 0 Å². The Hall–Kier alpha value is -0.700. The van der Waals surface area contributed by atoms with Gasteiger partial charge in [-0.3, -0.25) is 14.5 Å². The lowest BCUT2D eigenvalue weighted by Crippen LogP contribution is -2.30. The number of carbonyl (C=O) groups excluding carboxylic acids is 2. The number of fused-ring (bicyclic) bond motifs is 1. The molecule has 0 aromatic rings. The van der Waals surface area contributed by atoms with Crippen LogP contribution in [0.5, 0.6) is 0 Å². The summed E-state index contributed by atoms with van der Waals surface area (Å²) in [6, 6.07) is -0.333. The van der Waals surface area contributed by atoms with Crippen molar-refractivity contribution in [1.29, 1.82) is 0 Å². The molecule has 10 heavy (non-hydrogen) atoms. The first-order valence-corrected chi connectivity index (χ1v) is 3.58. The molecule has 2 aliphatic rings. The van der Waals surface area contributed by atoms with Crippen molar-refractivity contribution in [3.63, 3.8) is 0 Å². The highest BCUT2D eigenvalue weighted by Gasteiger charge is 2.41. The SMILES string of the molecule is O=C1CCN2CCC(=O)C12. The van der Waals surface area contributed by atoms with Crippen LogP contribution in [0.15, 0.2) is 0 Å². The van der Waals surface area contributed by atoms with Gasteiger partial charge in [-0.1, -0.05) is 0 Å². The van der Waals surface area contributed by atoms with Crippen molar-refractivity contribution in [2.45, 2.75) is 18.9 Å². The Bertz CT molecular complexity index is 180. The van der Waals surface area contributed by atoms with E-state index in [0.717, 1.165) is 13.1 Å². The molecule has 0 aliphatic carbocycles. The van der Waals surface area contributed by atoms with Gasteiger partial charge in [0.2, 0.25) is 0 Å². The first kappa shape index (κ1) is 6.04. The van der Waals surface area contributed by atoms with E-state index in [-0.39, 0.29) is 17.6 Å². The Morgan fingerprint density at radius 2 is 1.60 bits per heavy atom. The van der Waals surface area contributed by atoms with Crippen LogP contribution in [-0.2, 0) is 9.59 Å². The quantitative estimate of drug-likeness (QED) is 0.429. The summed E-state index contributed by atoms with van der Waals surface area (Å²) in [6.45, 7) is 1.60. The van der Waals surface area contributed by atoms with Crippen molar-refractivity contribution < 1.29 is 9.59 Å². The van der Waals surface area contributed by atoms with Gasteiger partial charge >= 0.3 is 0 Å². The Morgan fingerprint density at radius 3 is 2.00 bits per heavy atom. The summed E-state index contributed by atoms with van der Waals surface area (Å²) in [7, 11) is 0. The largest absolute Gasteiger partial charge is 0.297 e. The molecule has 0 N–H and O–H groups in total. The molecule has 2 heterocycles. The van der Waals surface area contributed by atoms with E-state index in [1.807, 2.05) is 4.90 Å². The zero-order valence-electron chi connectivity index (χ0n) is 5.67. The van der Waals surface area contributed by atoms with Gasteiger partial charge in [-0.15, -0.1) is 0 Å². The molecule has 0 radical (unpaired) electrons. The van der Waals surface area contributed by atoms with Gasteiger partial charge in [0.15, 0.2) is 11.6 Å². The average molecular weight is 139 g/mol. The van der Waals surface area contributed by atoms with Crippen LogP contribution in [0.4, 0.5) is 0 Å². The van der Waals surface area contributed by atoms with E-state index < -0.39 is 0 Å². The maximum Gasteiger partial charge on any atom is 0.158 e. The third kappa shape index (κ3) is 0.639. The van der Waals surface area contributed by atoms with Crippen molar-refractivity contribution in [2.24, 2.45) is 0 Å². The zero-order chi connectivity index (χ0) is 7.14. The van der Waals surface area contributed by atoms with Gasteiger partial charge in [0.25, 0.3) is 0 Å². The fourth-order valence-corrected chi connectivity index (χ4v) is 1.74. The molecule has 0 aromatic heterocycles. The first-order chi connectivity index (χ1) is 4.79. The average Bonchev–Trinajstić information content (AvgIpc) is 2.40. The summed E-state index contributed by atoms with van der Waals surface area (Å²) in [5, 5.41) is 0. The van der Waals surface area contributed by atoms with Crippen LogP contribution >= 0.6 is 0 Å². The minimum atomic E-state index is -0.333. The smallest absolute Gasteiger partial charge is 0.158 e. The zero-order valence-corrected chi connectivity index (χ0v) is 5.67. The predicted octanol–water partition coefficient (Wildman–Crippen LogP) is -0.397. The van der Waals surface area contributed by atoms with E-state index >= 15 is 0 Å². The first-order valence-electron chi connectivity index (χ1n) is 3.58. The Labute approximate surface area is 59.0 Å². The van der Waals surface area contributed by atoms with E-state index in [1.54, 1.807) is 0 Å². The molecular formula is C7H9NO2. The van der Waals surface area contributed by atoms with Crippen LogP contribution in [0.1, 0.15) is 12.8 Å². The van der Waals surface area contributed by atoms with E-state index in [2.05, 4.69) is 0 Å². The third-order valence-electron chi connectivity index (χ3n) is 2.27. The molecule has 2 fully saturated rings. The summed E-state index contributed by atoms with van der Waals surface area (Å²) in [4.78, 5) is 24.0. The van der Waals surface area contributed by atoms with Crippen LogP contribution in [0.3, 0.4) is 0 Å². The number of nitrogens with zero attached hydrogens (tertiary/aromatic N) is 1. The lowest BCUT2D eigenvalue weighted by Gasteiger charge is -2.09. The van der Waals surface area contributed by atoms with Gasteiger partial charge in [0.1, 0.15) is 6.04 Å². The number of ketones is 2. The Balaban J connectivity index is 2.26. The van der Waals surface area contributed by atoms with Crippen molar-refractivity contribution >= 4 is 11.6 Å². The third-order valence-corrected chi connectivity index (χ3v) is 2.27. The molecule has 3 nitrogen and oxygen atoms in total. The van der Waals surface area contributed by atoms with Gasteiger partial charge in [-0.2, -0.15) is 0 Å². The highest BCUT2D eigenvalue weighted by molar-refractivity contribution is 6.09. The molecule has 2 saturated heterocycles. The number of carbonyl (C=O) groups is 2. The second kappa shape index (κ2) is 1.89. The second-order valence-corrected chi connectivity index (χ2v) is 2.87. The van der Waals surface area contributed by atoms with Crippen molar-refractivity contribution in [3.8, 4) is 0 Å². The summed E-state index contributed by atoms with van der Waals surface area (Å²) >= 11 is 0. The van der Waals surface area contributed by atoms with Crippen molar-refractivity contribution in [1.82, 2.24) is 4.90 Å². The fourth-order valence-electron chi connectivity index (χ4n) is 1.74. The van der Waals surface area contributed by atoms with Crippen LogP contribution in [0.25, 0.3) is 0 Å². The Morgan fingerprint density at radius 1 is 1.10 bits per heavy atom. The van der Waals surface area contributed by atoms with E-state index in [4.69, 9.17) is 0 Å². The van der Waals surface area contributed by atoms with Gasteiger partial charge in [0.05, 0.1) is 0 Å². The molecule has 0 amide bonds. The minimum Gasteiger partial charge on any atom is -0.297 e. The highest BCUT2D eigenvalue weighted by Crippen LogP contribution is 2.21. The summed E-state index contributed by atoms with van der Waals surface area (Å²) in [5.41, 5.74) is 0. The normalized spacial score (nSPS) is 28.0. The molecule has 0 bridgehead atoms. The van der Waals surface area contributed by atoms with E-state index in [1.165, 1.54) is 0 Å². The van der Waals surface area contributed by atoms with E-state index in [9.17, 15) is 9.59 Å². The molecule has 0 spiro atoms. The lowest BCUT2D eigenvalue weighted by molar-refractivity contribution is -0.127. The van der Waals surface area contributed by atoms with Crippen molar-refractivity contribution in [2.75, 3.05) is 13.1 Å². The van der Waals surface area contributed by atoms with Gasteiger partial charge in [-0.05, 0) is 0 Å². The monoisotopic (exact) mass is 139 g/mol. The molecule has 0 atom stereocenters. The van der Waals surface area contributed by atoms with Gasteiger partial charge < -0.3 is 0 Å². The van der Waals surface area contributed by atoms with Crippen LogP contribution in [0.2, 0.25) is 0 Å². The maximum absolute atomic E-state index is 11.0. The number of rotatable bonds is 0. The number of Topliss-reactive ketones (excluding diaryl/α,β-unsaturated/α-hetero) is 2. The lowest BCUT2D eigenvalue weighted by atomic mass is 10.1. The molecule has 0 aromatic carbocycles.